The summed E-state index contributed by atoms with van der Waals surface area (Å²) in [6.45, 7) is 1.23. The highest BCUT2D eigenvalue weighted by Gasteiger charge is 2.16. The van der Waals surface area contributed by atoms with E-state index in [-0.39, 0.29) is 23.8 Å². The Morgan fingerprint density at radius 1 is 1.03 bits per heavy atom. The van der Waals surface area contributed by atoms with Gasteiger partial charge in [-0.05, 0) is 35.9 Å². The van der Waals surface area contributed by atoms with Gasteiger partial charge in [0.15, 0.2) is 16.7 Å². The number of amides is 1. The Morgan fingerprint density at radius 2 is 1.79 bits per heavy atom. The van der Waals surface area contributed by atoms with E-state index >= 15 is 0 Å². The number of anilines is 1. The predicted octanol–water partition coefficient (Wildman–Crippen LogP) is 4.60. The summed E-state index contributed by atoms with van der Waals surface area (Å²) in [5.74, 6) is 1.10. The molecule has 1 amide bonds. The molecule has 1 aromatic heterocycles. The van der Waals surface area contributed by atoms with Crippen molar-refractivity contribution >= 4 is 45.9 Å². The molecule has 0 bridgehead atoms. The second kappa shape index (κ2) is 9.79. The highest BCUT2D eigenvalue weighted by Crippen LogP contribution is 2.32. The van der Waals surface area contributed by atoms with Crippen molar-refractivity contribution in [3.8, 4) is 11.5 Å². The second-order valence-electron chi connectivity index (χ2n) is 7.59. The number of halogens is 1. The highest BCUT2D eigenvalue weighted by molar-refractivity contribution is 7.99. The lowest BCUT2D eigenvalue weighted by Gasteiger charge is -2.19. The van der Waals surface area contributed by atoms with E-state index in [9.17, 15) is 9.59 Å². The molecule has 0 fully saturated rings. The number of benzene rings is 3. The molecule has 0 spiro atoms. The minimum atomic E-state index is -0.228. The second-order valence-corrected chi connectivity index (χ2v) is 8.94. The van der Waals surface area contributed by atoms with Gasteiger partial charge in [0.1, 0.15) is 13.2 Å². The Hall–Kier alpha value is -3.49. The molecule has 0 aliphatic carbocycles. The minimum absolute atomic E-state index is 0.0712. The van der Waals surface area contributed by atoms with E-state index < -0.39 is 0 Å². The van der Waals surface area contributed by atoms with Crippen LogP contribution in [-0.2, 0) is 11.3 Å². The molecule has 9 heteroatoms. The Morgan fingerprint density at radius 3 is 2.65 bits per heavy atom. The lowest BCUT2D eigenvalue weighted by atomic mass is 10.2. The van der Waals surface area contributed by atoms with E-state index in [0.717, 1.165) is 5.56 Å². The Labute approximate surface area is 204 Å². The first-order chi connectivity index (χ1) is 16.6. The van der Waals surface area contributed by atoms with Crippen LogP contribution in [0.4, 0.5) is 5.69 Å². The van der Waals surface area contributed by atoms with Crippen LogP contribution in [0, 0.1) is 0 Å². The lowest BCUT2D eigenvalue weighted by Crippen LogP contribution is -2.25. The smallest absolute Gasteiger partial charge is 0.262 e. The number of para-hydroxylation sites is 1. The molecule has 1 N–H and O–H groups in total. The quantitative estimate of drug-likeness (QED) is 0.312. The van der Waals surface area contributed by atoms with Crippen LogP contribution >= 0.6 is 23.4 Å². The van der Waals surface area contributed by atoms with Crippen molar-refractivity contribution in [1.82, 2.24) is 9.55 Å². The first kappa shape index (κ1) is 22.3. The summed E-state index contributed by atoms with van der Waals surface area (Å²) in [7, 11) is 0. The van der Waals surface area contributed by atoms with Gasteiger partial charge in [-0.2, -0.15) is 0 Å². The molecule has 2 heterocycles. The van der Waals surface area contributed by atoms with Crippen molar-refractivity contribution in [1.29, 1.82) is 0 Å². The normalized spacial score (nSPS) is 12.5. The van der Waals surface area contributed by atoms with Crippen molar-refractivity contribution in [3.63, 3.8) is 0 Å². The number of thioether (sulfide) groups is 1. The van der Waals surface area contributed by atoms with Gasteiger partial charge in [-0.25, -0.2) is 4.98 Å². The minimum Gasteiger partial charge on any atom is -0.486 e. The SMILES string of the molecule is O=C(CSc1nc2ccccc2c(=O)n1Cc1ccccc1Cl)Nc1ccc2c(c1)OCCO2. The Balaban J connectivity index is 1.38. The van der Waals surface area contributed by atoms with Gasteiger partial charge in [0, 0.05) is 16.8 Å². The molecule has 1 aliphatic heterocycles. The van der Waals surface area contributed by atoms with Crippen LogP contribution in [0.2, 0.25) is 5.02 Å². The van der Waals surface area contributed by atoms with Crippen LogP contribution in [0.5, 0.6) is 11.5 Å². The number of carbonyl (C=O) groups is 1. The zero-order chi connectivity index (χ0) is 23.5. The van der Waals surface area contributed by atoms with Gasteiger partial charge in [0.2, 0.25) is 5.91 Å². The molecule has 4 aromatic rings. The van der Waals surface area contributed by atoms with Gasteiger partial charge < -0.3 is 14.8 Å². The number of nitrogens with zero attached hydrogens (tertiary/aromatic N) is 2. The average Bonchev–Trinajstić information content (AvgIpc) is 2.86. The van der Waals surface area contributed by atoms with E-state index in [2.05, 4.69) is 10.3 Å². The molecule has 0 saturated heterocycles. The largest absolute Gasteiger partial charge is 0.486 e. The van der Waals surface area contributed by atoms with E-state index in [1.807, 2.05) is 24.3 Å². The Kier molecular flexibility index (Phi) is 6.42. The fourth-order valence-electron chi connectivity index (χ4n) is 3.64. The standard InChI is InChI=1S/C25H20ClN3O4S/c26-19-7-3-1-5-16(19)14-29-24(31)18-6-2-4-8-20(18)28-25(29)34-15-23(30)27-17-9-10-21-22(13-17)33-12-11-32-21/h1-10,13H,11-12,14-15H2,(H,27,30). The van der Waals surface area contributed by atoms with E-state index in [4.69, 9.17) is 21.1 Å². The molecule has 0 saturated carbocycles. The number of hydrogen-bond acceptors (Lipinski definition) is 6. The van der Waals surface area contributed by atoms with Crippen LogP contribution in [0.3, 0.4) is 0 Å². The highest BCUT2D eigenvalue weighted by atomic mass is 35.5. The van der Waals surface area contributed by atoms with Crippen molar-refractivity contribution in [2.24, 2.45) is 0 Å². The molecule has 34 heavy (non-hydrogen) atoms. The maximum absolute atomic E-state index is 13.3. The van der Waals surface area contributed by atoms with Crippen LogP contribution in [0.25, 0.3) is 10.9 Å². The molecule has 7 nitrogen and oxygen atoms in total. The first-order valence-electron chi connectivity index (χ1n) is 10.6. The number of hydrogen-bond donors (Lipinski definition) is 1. The third-order valence-corrected chi connectivity index (χ3v) is 6.62. The maximum atomic E-state index is 13.3. The summed E-state index contributed by atoms with van der Waals surface area (Å²) in [6.07, 6.45) is 0. The zero-order valence-electron chi connectivity index (χ0n) is 18.0. The maximum Gasteiger partial charge on any atom is 0.262 e. The number of aromatic nitrogens is 2. The monoisotopic (exact) mass is 493 g/mol. The Bertz CT molecular complexity index is 1440. The molecule has 0 unspecified atom stereocenters. The molecular weight excluding hydrogens is 474 g/mol. The van der Waals surface area contributed by atoms with Crippen molar-refractivity contribution in [2.45, 2.75) is 11.7 Å². The third-order valence-electron chi connectivity index (χ3n) is 5.27. The van der Waals surface area contributed by atoms with Crippen LogP contribution in [0.15, 0.2) is 76.7 Å². The van der Waals surface area contributed by atoms with Gasteiger partial charge in [-0.15, -0.1) is 0 Å². The fraction of sp³-hybridized carbons (Fsp3) is 0.160. The number of fused-ring (bicyclic) bond motifs is 2. The summed E-state index contributed by atoms with van der Waals surface area (Å²) in [5, 5.41) is 4.38. The van der Waals surface area contributed by atoms with Gasteiger partial charge in [-0.1, -0.05) is 53.7 Å². The summed E-state index contributed by atoms with van der Waals surface area (Å²) in [4.78, 5) is 30.6. The number of nitrogens with one attached hydrogen (secondary N) is 1. The number of carbonyl (C=O) groups excluding carboxylic acids is 1. The molecular formula is C25H20ClN3O4S. The van der Waals surface area contributed by atoms with Crippen molar-refractivity contribution < 1.29 is 14.3 Å². The topological polar surface area (TPSA) is 82.5 Å². The molecule has 0 radical (unpaired) electrons. The van der Waals surface area contributed by atoms with Gasteiger partial charge in [0.05, 0.1) is 23.2 Å². The van der Waals surface area contributed by atoms with Gasteiger partial charge in [-0.3, -0.25) is 14.2 Å². The van der Waals surface area contributed by atoms with Crippen LogP contribution in [0.1, 0.15) is 5.56 Å². The van der Waals surface area contributed by atoms with Gasteiger partial charge >= 0.3 is 0 Å². The molecule has 1 aliphatic rings. The molecule has 3 aromatic carbocycles. The summed E-state index contributed by atoms with van der Waals surface area (Å²) in [6, 6.07) is 19.8. The predicted molar refractivity (Wildman–Crippen MR) is 133 cm³/mol. The number of rotatable bonds is 6. The third kappa shape index (κ3) is 4.73. The van der Waals surface area contributed by atoms with Crippen LogP contribution in [-0.4, -0.2) is 34.4 Å². The van der Waals surface area contributed by atoms with E-state index in [1.165, 1.54) is 11.8 Å². The summed E-state index contributed by atoms with van der Waals surface area (Å²) < 4.78 is 12.6. The molecule has 5 rings (SSSR count). The van der Waals surface area contributed by atoms with Crippen LogP contribution < -0.4 is 20.3 Å². The van der Waals surface area contributed by atoms with E-state index in [1.54, 1.807) is 47.0 Å². The lowest BCUT2D eigenvalue weighted by molar-refractivity contribution is -0.113. The number of ether oxygens (including phenoxy) is 2. The molecule has 0 atom stereocenters. The van der Waals surface area contributed by atoms with Crippen molar-refractivity contribution in [3.05, 3.63) is 87.7 Å². The summed E-state index contributed by atoms with van der Waals surface area (Å²) in [5.41, 5.74) is 1.80. The first-order valence-corrected chi connectivity index (χ1v) is 12.0. The molecule has 172 valence electrons. The fourth-order valence-corrected chi connectivity index (χ4v) is 4.64. The summed E-state index contributed by atoms with van der Waals surface area (Å²) >= 11 is 7.54. The van der Waals surface area contributed by atoms with Crippen molar-refractivity contribution in [2.75, 3.05) is 24.3 Å². The van der Waals surface area contributed by atoms with Gasteiger partial charge in [0.25, 0.3) is 5.56 Å². The zero-order valence-corrected chi connectivity index (χ0v) is 19.6. The van der Waals surface area contributed by atoms with E-state index in [0.29, 0.717) is 51.5 Å². The average molecular weight is 494 g/mol.